The summed E-state index contributed by atoms with van der Waals surface area (Å²) in [7, 11) is 0. The second-order valence-corrected chi connectivity index (χ2v) is 4.79. The van der Waals surface area contributed by atoms with Crippen molar-refractivity contribution < 1.29 is 9.59 Å². The number of hydrogen-bond donors (Lipinski definition) is 4. The molecule has 2 amide bonds. The first-order valence-corrected chi connectivity index (χ1v) is 6.37. The van der Waals surface area contributed by atoms with Crippen LogP contribution in [0.4, 0.5) is 5.69 Å². The molecular formula is C14H17N5O2. The van der Waals surface area contributed by atoms with E-state index in [2.05, 4.69) is 15.5 Å². The summed E-state index contributed by atoms with van der Waals surface area (Å²) in [6, 6.07) is 4.54. The SMILES string of the molecule is Cc1n[nH]c(C)c1CNc1cc(C(N)=O)cc(C(N)=O)c1. The van der Waals surface area contributed by atoms with E-state index in [1.165, 1.54) is 6.07 Å². The number of benzene rings is 1. The number of rotatable bonds is 5. The lowest BCUT2D eigenvalue weighted by Crippen LogP contribution is -2.16. The van der Waals surface area contributed by atoms with Crippen molar-refractivity contribution in [2.24, 2.45) is 11.5 Å². The Kier molecular flexibility index (Phi) is 3.93. The van der Waals surface area contributed by atoms with Gasteiger partial charge in [0.15, 0.2) is 0 Å². The number of nitrogens with two attached hydrogens (primary N) is 2. The molecule has 1 heterocycles. The Morgan fingerprint density at radius 3 is 2.14 bits per heavy atom. The minimum Gasteiger partial charge on any atom is -0.381 e. The second kappa shape index (κ2) is 5.66. The largest absolute Gasteiger partial charge is 0.381 e. The predicted octanol–water partition coefficient (Wildman–Crippen LogP) is 0.836. The third-order valence-electron chi connectivity index (χ3n) is 3.25. The van der Waals surface area contributed by atoms with Gasteiger partial charge >= 0.3 is 0 Å². The van der Waals surface area contributed by atoms with Crippen molar-refractivity contribution in [1.82, 2.24) is 10.2 Å². The second-order valence-electron chi connectivity index (χ2n) is 4.79. The van der Waals surface area contributed by atoms with Crippen molar-refractivity contribution in [3.63, 3.8) is 0 Å². The molecule has 0 spiro atoms. The molecule has 0 bridgehead atoms. The zero-order valence-electron chi connectivity index (χ0n) is 11.9. The highest BCUT2D eigenvalue weighted by molar-refractivity contribution is 5.99. The van der Waals surface area contributed by atoms with Gasteiger partial charge in [0.05, 0.1) is 5.69 Å². The van der Waals surface area contributed by atoms with Crippen LogP contribution < -0.4 is 16.8 Å². The molecule has 2 rings (SSSR count). The normalized spacial score (nSPS) is 10.4. The van der Waals surface area contributed by atoms with Crippen LogP contribution in [0.5, 0.6) is 0 Å². The lowest BCUT2D eigenvalue weighted by Gasteiger charge is -2.09. The van der Waals surface area contributed by atoms with Crippen LogP contribution in [-0.2, 0) is 6.54 Å². The Hall–Kier alpha value is -2.83. The number of amides is 2. The maximum Gasteiger partial charge on any atom is 0.248 e. The predicted molar refractivity (Wildman–Crippen MR) is 78.9 cm³/mol. The summed E-state index contributed by atoms with van der Waals surface area (Å²) in [6.45, 7) is 4.33. The first-order valence-electron chi connectivity index (χ1n) is 6.37. The van der Waals surface area contributed by atoms with E-state index in [0.717, 1.165) is 17.0 Å². The summed E-state index contributed by atoms with van der Waals surface area (Å²) < 4.78 is 0. The van der Waals surface area contributed by atoms with Gasteiger partial charge in [-0.25, -0.2) is 0 Å². The molecule has 0 saturated heterocycles. The van der Waals surface area contributed by atoms with Crippen molar-refractivity contribution in [2.75, 3.05) is 5.32 Å². The molecule has 1 aromatic heterocycles. The van der Waals surface area contributed by atoms with Gasteiger partial charge in [0.25, 0.3) is 0 Å². The quantitative estimate of drug-likeness (QED) is 0.649. The Labute approximate surface area is 121 Å². The van der Waals surface area contributed by atoms with Crippen LogP contribution in [0.1, 0.15) is 37.7 Å². The smallest absolute Gasteiger partial charge is 0.248 e. The van der Waals surface area contributed by atoms with Crippen LogP contribution in [0, 0.1) is 13.8 Å². The van der Waals surface area contributed by atoms with Crippen molar-refractivity contribution in [3.8, 4) is 0 Å². The van der Waals surface area contributed by atoms with Crippen molar-refractivity contribution >= 4 is 17.5 Å². The fraction of sp³-hybridized carbons (Fsp3) is 0.214. The summed E-state index contributed by atoms with van der Waals surface area (Å²) in [6.07, 6.45) is 0. The Bertz CT molecular complexity index is 654. The molecule has 21 heavy (non-hydrogen) atoms. The van der Waals surface area contributed by atoms with Crippen LogP contribution in [0.15, 0.2) is 18.2 Å². The summed E-state index contributed by atoms with van der Waals surface area (Å²) in [4.78, 5) is 22.6. The third-order valence-corrected chi connectivity index (χ3v) is 3.25. The maximum absolute atomic E-state index is 11.3. The van der Waals surface area contributed by atoms with Crippen LogP contribution >= 0.6 is 0 Å². The summed E-state index contributed by atoms with van der Waals surface area (Å²) in [5.74, 6) is -1.23. The van der Waals surface area contributed by atoms with Crippen molar-refractivity contribution in [2.45, 2.75) is 20.4 Å². The first kappa shape index (κ1) is 14.6. The van der Waals surface area contributed by atoms with E-state index in [0.29, 0.717) is 12.2 Å². The third kappa shape index (κ3) is 3.19. The van der Waals surface area contributed by atoms with E-state index in [9.17, 15) is 9.59 Å². The molecule has 0 atom stereocenters. The zero-order chi connectivity index (χ0) is 15.6. The van der Waals surface area contributed by atoms with Gasteiger partial charge < -0.3 is 16.8 Å². The summed E-state index contributed by atoms with van der Waals surface area (Å²) >= 11 is 0. The van der Waals surface area contributed by atoms with Crippen LogP contribution in [0.3, 0.4) is 0 Å². The molecule has 0 aliphatic carbocycles. The maximum atomic E-state index is 11.3. The molecule has 0 unspecified atom stereocenters. The Morgan fingerprint density at radius 2 is 1.71 bits per heavy atom. The molecule has 0 fully saturated rings. The number of aromatic amines is 1. The molecule has 0 radical (unpaired) electrons. The van der Waals surface area contributed by atoms with E-state index in [-0.39, 0.29) is 11.1 Å². The molecule has 0 aliphatic rings. The lowest BCUT2D eigenvalue weighted by atomic mass is 10.1. The fourth-order valence-electron chi connectivity index (χ4n) is 2.04. The van der Waals surface area contributed by atoms with E-state index in [4.69, 9.17) is 11.5 Å². The first-order chi connectivity index (χ1) is 9.88. The molecule has 2 aromatic rings. The molecule has 7 nitrogen and oxygen atoms in total. The highest BCUT2D eigenvalue weighted by atomic mass is 16.1. The van der Waals surface area contributed by atoms with Crippen molar-refractivity contribution in [1.29, 1.82) is 0 Å². The van der Waals surface area contributed by atoms with Gasteiger partial charge in [-0.1, -0.05) is 0 Å². The number of nitrogens with one attached hydrogen (secondary N) is 2. The number of aryl methyl sites for hydroxylation is 2. The van der Waals surface area contributed by atoms with Gasteiger partial charge in [-0.05, 0) is 32.0 Å². The summed E-state index contributed by atoms with van der Waals surface area (Å²) in [5, 5.41) is 10.1. The molecule has 7 heteroatoms. The monoisotopic (exact) mass is 287 g/mol. The molecule has 6 N–H and O–H groups in total. The number of hydrogen-bond acceptors (Lipinski definition) is 4. The number of aromatic nitrogens is 2. The number of anilines is 1. The number of carbonyl (C=O) groups is 2. The van der Waals surface area contributed by atoms with E-state index in [1.54, 1.807) is 12.1 Å². The van der Waals surface area contributed by atoms with E-state index >= 15 is 0 Å². The molecule has 1 aromatic carbocycles. The highest BCUT2D eigenvalue weighted by Gasteiger charge is 2.10. The minimum atomic E-state index is -0.614. The standard InChI is InChI=1S/C14H17N5O2/c1-7-12(8(2)19-18-7)6-17-11-4-9(13(15)20)3-10(5-11)14(16)21/h3-5,17H,6H2,1-2H3,(H2,15,20)(H2,16,21)(H,18,19). The average molecular weight is 287 g/mol. The van der Waals surface area contributed by atoms with Gasteiger partial charge in [-0.15, -0.1) is 0 Å². The molecule has 0 aliphatic heterocycles. The van der Waals surface area contributed by atoms with Gasteiger partial charge in [-0.3, -0.25) is 14.7 Å². The van der Waals surface area contributed by atoms with Gasteiger partial charge in [0.1, 0.15) is 0 Å². The zero-order valence-corrected chi connectivity index (χ0v) is 11.9. The van der Waals surface area contributed by atoms with E-state index < -0.39 is 11.8 Å². The minimum absolute atomic E-state index is 0.231. The number of nitrogens with zero attached hydrogens (tertiary/aromatic N) is 1. The summed E-state index contributed by atoms with van der Waals surface area (Å²) in [5.41, 5.74) is 14.5. The number of H-pyrrole nitrogens is 1. The molecular weight excluding hydrogens is 270 g/mol. The van der Waals surface area contributed by atoms with E-state index in [1.807, 2.05) is 13.8 Å². The van der Waals surface area contributed by atoms with Crippen LogP contribution in [0.25, 0.3) is 0 Å². The lowest BCUT2D eigenvalue weighted by molar-refractivity contribution is 0.0999. The Morgan fingerprint density at radius 1 is 1.14 bits per heavy atom. The van der Waals surface area contributed by atoms with Crippen LogP contribution in [0.2, 0.25) is 0 Å². The highest BCUT2D eigenvalue weighted by Crippen LogP contribution is 2.17. The average Bonchev–Trinajstić information content (AvgIpc) is 2.75. The fourth-order valence-corrected chi connectivity index (χ4v) is 2.04. The molecule has 0 saturated carbocycles. The van der Waals surface area contributed by atoms with Crippen molar-refractivity contribution in [3.05, 3.63) is 46.3 Å². The van der Waals surface area contributed by atoms with Crippen LogP contribution in [-0.4, -0.2) is 22.0 Å². The molecule has 110 valence electrons. The number of primary amides is 2. The Balaban J connectivity index is 2.27. The van der Waals surface area contributed by atoms with Gasteiger partial charge in [-0.2, -0.15) is 5.10 Å². The number of carbonyl (C=O) groups excluding carboxylic acids is 2. The topological polar surface area (TPSA) is 127 Å². The van der Waals surface area contributed by atoms with Gasteiger partial charge in [0.2, 0.25) is 11.8 Å². The van der Waals surface area contributed by atoms with Gasteiger partial charge in [0, 0.05) is 34.6 Å².